The lowest BCUT2D eigenvalue weighted by atomic mass is 9.44. The summed E-state index contributed by atoms with van der Waals surface area (Å²) in [6.45, 7) is 6.29. The van der Waals surface area contributed by atoms with Gasteiger partial charge in [0.15, 0.2) is 0 Å². The van der Waals surface area contributed by atoms with Crippen molar-refractivity contribution < 1.29 is 19.5 Å². The Bertz CT molecular complexity index is 800. The first-order valence-electron chi connectivity index (χ1n) is 11.8. The molecule has 0 aromatic rings. The summed E-state index contributed by atoms with van der Waals surface area (Å²) in [4.78, 5) is 37.3. The molecule has 0 bridgehead atoms. The van der Waals surface area contributed by atoms with E-state index in [0.717, 1.165) is 44.9 Å². The molecule has 30 heavy (non-hydrogen) atoms. The molecular formula is C24H35NO4S. The third-order valence-corrected chi connectivity index (χ3v) is 11.7. The van der Waals surface area contributed by atoms with Gasteiger partial charge in [0.05, 0.1) is 4.87 Å². The van der Waals surface area contributed by atoms with Crippen LogP contribution in [0.25, 0.3) is 0 Å². The maximum Gasteiger partial charge on any atom is 0.321 e. The predicted octanol–water partition coefficient (Wildman–Crippen LogP) is 3.90. The highest BCUT2D eigenvalue weighted by atomic mass is 32.2. The van der Waals surface area contributed by atoms with Gasteiger partial charge in [-0.2, -0.15) is 0 Å². The highest BCUT2D eigenvalue weighted by Gasteiger charge is 2.65. The van der Waals surface area contributed by atoms with Crippen LogP contribution in [-0.2, 0) is 14.4 Å². The van der Waals surface area contributed by atoms with Gasteiger partial charge in [0.25, 0.3) is 0 Å². The normalized spacial score (nSPS) is 52.6. The van der Waals surface area contributed by atoms with Crippen LogP contribution in [-0.4, -0.2) is 39.3 Å². The lowest BCUT2D eigenvalue weighted by molar-refractivity contribution is -0.159. The molecule has 0 amide bonds. The maximum absolute atomic E-state index is 13.6. The Balaban J connectivity index is 1.40. The molecule has 4 aliphatic carbocycles. The van der Waals surface area contributed by atoms with Crippen molar-refractivity contribution in [1.82, 2.24) is 5.32 Å². The van der Waals surface area contributed by atoms with Crippen molar-refractivity contribution >= 4 is 29.3 Å². The van der Waals surface area contributed by atoms with Crippen LogP contribution >= 0.6 is 11.8 Å². The van der Waals surface area contributed by atoms with Crippen LogP contribution in [0.3, 0.4) is 0 Å². The SMILES string of the molecule is CC(=O)[C@H]1CC[C@H]2[C@@H]3CC[C@H]4C[C@@]5(CC[C@]4(C)[C@H]3C(=O)C[C@]12C)N[C@H](C(=O)O)CS5. The summed E-state index contributed by atoms with van der Waals surface area (Å²) < 4.78 is 0. The van der Waals surface area contributed by atoms with E-state index in [2.05, 4.69) is 19.2 Å². The van der Waals surface area contributed by atoms with E-state index in [1.165, 1.54) is 0 Å². The van der Waals surface area contributed by atoms with Crippen LogP contribution in [0.5, 0.6) is 0 Å². The first kappa shape index (κ1) is 21.0. The van der Waals surface area contributed by atoms with Gasteiger partial charge in [0.1, 0.15) is 17.6 Å². The quantitative estimate of drug-likeness (QED) is 0.687. The smallest absolute Gasteiger partial charge is 0.321 e. The van der Waals surface area contributed by atoms with Gasteiger partial charge in [-0.1, -0.05) is 13.8 Å². The zero-order valence-electron chi connectivity index (χ0n) is 18.4. The van der Waals surface area contributed by atoms with E-state index >= 15 is 0 Å². The van der Waals surface area contributed by atoms with Gasteiger partial charge in [-0.05, 0) is 80.5 Å². The Morgan fingerprint density at radius 2 is 1.87 bits per heavy atom. The highest BCUT2D eigenvalue weighted by Crippen LogP contribution is 2.67. The van der Waals surface area contributed by atoms with Crippen molar-refractivity contribution in [3.8, 4) is 0 Å². The second kappa shape index (κ2) is 6.81. The number of thioether (sulfide) groups is 1. The highest BCUT2D eigenvalue weighted by molar-refractivity contribution is 8.01. The monoisotopic (exact) mass is 433 g/mol. The number of nitrogens with one attached hydrogen (secondary N) is 1. The molecule has 1 saturated heterocycles. The number of carbonyl (C=O) groups excluding carboxylic acids is 2. The molecule has 4 saturated carbocycles. The van der Waals surface area contributed by atoms with Gasteiger partial charge in [0, 0.05) is 24.0 Å². The molecule has 5 rings (SSSR count). The summed E-state index contributed by atoms with van der Waals surface area (Å²) in [5.41, 5.74) is -0.120. The molecule has 2 N–H and O–H groups in total. The summed E-state index contributed by atoms with van der Waals surface area (Å²) in [7, 11) is 0. The number of rotatable bonds is 2. The van der Waals surface area contributed by atoms with E-state index in [4.69, 9.17) is 0 Å². The summed E-state index contributed by atoms with van der Waals surface area (Å²) in [6, 6.07) is -0.449. The van der Waals surface area contributed by atoms with Crippen LogP contribution in [0, 0.1) is 40.4 Å². The topological polar surface area (TPSA) is 83.5 Å². The van der Waals surface area contributed by atoms with Crippen molar-refractivity contribution in [2.45, 2.75) is 83.1 Å². The molecule has 5 aliphatic rings. The van der Waals surface area contributed by atoms with Crippen molar-refractivity contribution in [3.63, 3.8) is 0 Å². The number of ketones is 2. The number of Topliss-reactive ketones (excluding diaryl/α,β-unsaturated/α-hetero) is 2. The first-order chi connectivity index (χ1) is 14.1. The lowest BCUT2D eigenvalue weighted by Gasteiger charge is -2.61. The largest absolute Gasteiger partial charge is 0.480 e. The Morgan fingerprint density at radius 3 is 2.53 bits per heavy atom. The van der Waals surface area contributed by atoms with Crippen LogP contribution in [0.1, 0.15) is 72.1 Å². The van der Waals surface area contributed by atoms with E-state index in [1.54, 1.807) is 18.7 Å². The zero-order chi connectivity index (χ0) is 21.5. The van der Waals surface area contributed by atoms with Gasteiger partial charge in [-0.15, -0.1) is 11.8 Å². The minimum atomic E-state index is -0.751. The lowest BCUT2D eigenvalue weighted by Crippen LogP contribution is -2.60. The molecule has 0 aromatic heterocycles. The van der Waals surface area contributed by atoms with Gasteiger partial charge in [-0.25, -0.2) is 0 Å². The Kier molecular flexibility index (Phi) is 4.76. The second-order valence-corrected chi connectivity index (χ2v) is 12.9. The van der Waals surface area contributed by atoms with Crippen LogP contribution < -0.4 is 5.32 Å². The average molecular weight is 434 g/mol. The first-order valence-corrected chi connectivity index (χ1v) is 12.8. The van der Waals surface area contributed by atoms with Gasteiger partial charge in [-0.3, -0.25) is 19.7 Å². The zero-order valence-corrected chi connectivity index (χ0v) is 19.2. The van der Waals surface area contributed by atoms with E-state index in [9.17, 15) is 19.5 Å². The molecule has 0 radical (unpaired) electrons. The van der Waals surface area contributed by atoms with Crippen LogP contribution in [0.2, 0.25) is 0 Å². The summed E-state index contributed by atoms with van der Waals surface area (Å²) >= 11 is 1.79. The van der Waals surface area contributed by atoms with E-state index in [0.29, 0.717) is 35.7 Å². The number of aliphatic carboxylic acids is 1. The van der Waals surface area contributed by atoms with Crippen LogP contribution in [0.4, 0.5) is 0 Å². The number of carboxylic acid groups (broad SMARTS) is 1. The molecule has 166 valence electrons. The Hall–Kier alpha value is -0.880. The molecule has 5 fully saturated rings. The third-order valence-electron chi connectivity index (χ3n) is 10.1. The molecule has 6 heteroatoms. The molecule has 1 aliphatic heterocycles. The Labute approximate surface area is 183 Å². The van der Waals surface area contributed by atoms with Crippen molar-refractivity contribution in [2.24, 2.45) is 40.4 Å². The number of hydrogen-bond donors (Lipinski definition) is 2. The third kappa shape index (κ3) is 2.81. The fraction of sp³-hybridized carbons (Fsp3) is 0.875. The van der Waals surface area contributed by atoms with E-state index in [-0.39, 0.29) is 33.3 Å². The minimum Gasteiger partial charge on any atom is -0.480 e. The minimum absolute atomic E-state index is 0.0183. The summed E-state index contributed by atoms with van der Waals surface area (Å²) in [5.74, 6) is 2.13. The molecule has 1 heterocycles. The molecular weight excluding hydrogens is 398 g/mol. The summed E-state index contributed by atoms with van der Waals surface area (Å²) in [6.07, 6.45) is 7.76. The molecule has 1 spiro atoms. The number of hydrogen-bond acceptors (Lipinski definition) is 5. The fourth-order valence-corrected chi connectivity index (χ4v) is 10.3. The van der Waals surface area contributed by atoms with Crippen molar-refractivity contribution in [3.05, 3.63) is 0 Å². The van der Waals surface area contributed by atoms with Gasteiger partial charge >= 0.3 is 5.97 Å². The molecule has 5 nitrogen and oxygen atoms in total. The van der Waals surface area contributed by atoms with Crippen molar-refractivity contribution in [2.75, 3.05) is 5.75 Å². The van der Waals surface area contributed by atoms with E-state index in [1.807, 2.05) is 0 Å². The standard InChI is InChI=1S/C24H35NO4S/c1-13(26)16-6-7-17-15-5-4-14-10-24(25-18(12-30-24)21(28)29)9-8-22(14,2)20(15)19(27)11-23(16,17)3/h14-18,20,25H,4-12H2,1-3H3,(H,28,29)/t14-,15-,16+,17-,18-,20+,22-,23+,24-/m0/s1. The number of fused-ring (bicyclic) bond motifs is 5. The fourth-order valence-electron chi connectivity index (χ4n) is 8.75. The molecule has 0 aromatic carbocycles. The Morgan fingerprint density at radius 1 is 1.10 bits per heavy atom. The summed E-state index contributed by atoms with van der Waals surface area (Å²) in [5, 5.41) is 12.9. The number of carboxylic acids is 1. The van der Waals surface area contributed by atoms with E-state index < -0.39 is 12.0 Å². The predicted molar refractivity (Wildman–Crippen MR) is 116 cm³/mol. The van der Waals surface area contributed by atoms with Gasteiger partial charge in [0.2, 0.25) is 0 Å². The van der Waals surface area contributed by atoms with Crippen molar-refractivity contribution in [1.29, 1.82) is 0 Å². The second-order valence-electron chi connectivity index (χ2n) is 11.5. The average Bonchev–Trinajstić information content (AvgIpc) is 3.23. The molecule has 9 atom stereocenters. The van der Waals surface area contributed by atoms with Gasteiger partial charge < -0.3 is 5.11 Å². The maximum atomic E-state index is 13.6. The van der Waals surface area contributed by atoms with Crippen LogP contribution in [0.15, 0.2) is 0 Å². The number of carbonyl (C=O) groups is 3. The molecule has 0 unspecified atom stereocenters.